The first-order chi connectivity index (χ1) is 17.8. The van der Waals surface area contributed by atoms with E-state index in [4.69, 9.17) is 11.6 Å². The van der Waals surface area contributed by atoms with Crippen LogP contribution in [-0.2, 0) is 23.1 Å². The average molecular weight is 543 g/mol. The number of nitrogens with one attached hydrogen (secondary N) is 2. The number of amides is 2. The Hall–Kier alpha value is -2.98. The Morgan fingerprint density at radius 2 is 2.08 bits per heavy atom. The van der Waals surface area contributed by atoms with Gasteiger partial charge < -0.3 is 20.9 Å². The SMILES string of the molecule is CN(C)C(=O)c1cc2c(s1)CCc1sccc1C2(CCNCC(=O)N1CCCC[C@H]1C#N)/C(N)=N/NN. The monoisotopic (exact) mass is 542 g/mol. The van der Waals surface area contributed by atoms with E-state index in [1.54, 1.807) is 35.2 Å². The maximum atomic E-state index is 12.9. The highest BCUT2D eigenvalue weighted by atomic mass is 32.1. The van der Waals surface area contributed by atoms with Crippen molar-refractivity contribution in [2.45, 2.75) is 50.0 Å². The van der Waals surface area contributed by atoms with Gasteiger partial charge in [-0.1, -0.05) is 0 Å². The summed E-state index contributed by atoms with van der Waals surface area (Å²) in [6.07, 6.45) is 4.77. The topological polar surface area (TPSA) is 153 Å². The van der Waals surface area contributed by atoms with Gasteiger partial charge in [-0.2, -0.15) is 10.4 Å². The molecular weight excluding hydrogens is 508 g/mol. The summed E-state index contributed by atoms with van der Waals surface area (Å²) in [6, 6.07) is 5.93. The highest BCUT2D eigenvalue weighted by molar-refractivity contribution is 7.14. The molecule has 198 valence electrons. The lowest BCUT2D eigenvalue weighted by atomic mass is 9.71. The van der Waals surface area contributed by atoms with Crippen LogP contribution in [0.15, 0.2) is 22.6 Å². The van der Waals surface area contributed by atoms with E-state index in [0.29, 0.717) is 30.2 Å². The maximum absolute atomic E-state index is 12.9. The highest BCUT2D eigenvalue weighted by Crippen LogP contribution is 2.47. The number of hydrogen-bond donors (Lipinski definition) is 4. The van der Waals surface area contributed by atoms with Crippen molar-refractivity contribution in [2.75, 3.05) is 33.7 Å². The van der Waals surface area contributed by atoms with E-state index in [1.165, 1.54) is 16.2 Å². The highest BCUT2D eigenvalue weighted by Gasteiger charge is 2.45. The normalized spacial score (nSPS) is 21.4. The molecule has 10 nitrogen and oxygen atoms in total. The van der Waals surface area contributed by atoms with Crippen LogP contribution in [0.3, 0.4) is 0 Å². The maximum Gasteiger partial charge on any atom is 0.263 e. The van der Waals surface area contributed by atoms with Crippen molar-refractivity contribution in [3.05, 3.63) is 43.3 Å². The molecule has 1 unspecified atom stereocenters. The summed E-state index contributed by atoms with van der Waals surface area (Å²) in [5.41, 5.74) is 10.2. The number of nitrogens with zero attached hydrogens (tertiary/aromatic N) is 4. The molecule has 2 aliphatic rings. The number of fused-ring (bicyclic) bond motifs is 2. The third-order valence-electron chi connectivity index (χ3n) is 7.22. The minimum atomic E-state index is -0.814. The molecule has 3 heterocycles. The summed E-state index contributed by atoms with van der Waals surface area (Å²) in [5, 5.41) is 19.0. The van der Waals surface area contributed by atoms with Crippen LogP contribution >= 0.6 is 22.7 Å². The first kappa shape index (κ1) is 27.1. The standard InChI is InChI=1S/C25H34N8O2S2/c1-32(2)23(35)21-13-18-20(37-21)7-6-19-17(8-12-36-19)25(18,24(27)30-31-28)9-10-29-15-22(34)33-11-4-3-5-16(33)14-26/h8,12-13,16,29,31H,3-7,9-11,15,28H2,1-2H3,(H2,27,30)/t16-,25?/m0/s1. The molecule has 2 aromatic heterocycles. The number of hydrazine groups is 1. The number of nitriles is 1. The van der Waals surface area contributed by atoms with Gasteiger partial charge in [-0.3, -0.25) is 9.59 Å². The molecule has 1 aliphatic heterocycles. The van der Waals surface area contributed by atoms with Gasteiger partial charge in [0.1, 0.15) is 11.9 Å². The van der Waals surface area contributed by atoms with Gasteiger partial charge in [-0.25, -0.2) is 11.4 Å². The fourth-order valence-corrected chi connectivity index (χ4v) is 7.58. The number of thiophene rings is 2. The van der Waals surface area contributed by atoms with E-state index in [-0.39, 0.29) is 24.4 Å². The number of nitrogens with two attached hydrogens (primary N) is 2. The zero-order chi connectivity index (χ0) is 26.6. The molecule has 4 rings (SSSR count). The van der Waals surface area contributed by atoms with Gasteiger partial charge >= 0.3 is 0 Å². The second-order valence-electron chi connectivity index (χ2n) is 9.59. The van der Waals surface area contributed by atoms with E-state index in [0.717, 1.165) is 48.1 Å². The molecule has 1 aliphatic carbocycles. The second-order valence-corrected chi connectivity index (χ2v) is 11.7. The molecule has 0 aromatic carbocycles. The summed E-state index contributed by atoms with van der Waals surface area (Å²) in [7, 11) is 3.48. The van der Waals surface area contributed by atoms with Crippen LogP contribution in [0.2, 0.25) is 0 Å². The lowest BCUT2D eigenvalue weighted by Crippen LogP contribution is -2.48. The molecule has 2 atom stereocenters. The van der Waals surface area contributed by atoms with Crippen LogP contribution < -0.4 is 22.4 Å². The molecule has 0 saturated carbocycles. The summed E-state index contributed by atoms with van der Waals surface area (Å²) >= 11 is 3.19. The Labute approximate surface area is 225 Å². The summed E-state index contributed by atoms with van der Waals surface area (Å²) < 4.78 is 0. The lowest BCUT2D eigenvalue weighted by molar-refractivity contribution is -0.132. The number of hydrogen-bond acceptors (Lipinski definition) is 9. The second kappa shape index (κ2) is 11.6. The molecule has 2 amide bonds. The van der Waals surface area contributed by atoms with E-state index in [2.05, 4.69) is 33.5 Å². The molecule has 37 heavy (non-hydrogen) atoms. The van der Waals surface area contributed by atoms with Crippen molar-refractivity contribution in [1.82, 2.24) is 20.7 Å². The molecule has 1 saturated heterocycles. The van der Waals surface area contributed by atoms with Gasteiger partial charge in [-0.05, 0) is 73.7 Å². The molecule has 0 spiro atoms. The van der Waals surface area contributed by atoms with Gasteiger partial charge in [0.15, 0.2) is 0 Å². The lowest BCUT2D eigenvalue weighted by Gasteiger charge is -2.34. The number of carbonyl (C=O) groups excluding carboxylic acids is 2. The van der Waals surface area contributed by atoms with Crippen molar-refractivity contribution in [3.63, 3.8) is 0 Å². The minimum Gasteiger partial charge on any atom is -0.385 e. The molecule has 2 aromatic rings. The molecular formula is C25H34N8O2S2. The van der Waals surface area contributed by atoms with E-state index < -0.39 is 5.41 Å². The van der Waals surface area contributed by atoms with Crippen molar-refractivity contribution in [2.24, 2.45) is 16.7 Å². The number of likely N-dealkylation sites (tertiary alicyclic amines) is 1. The van der Waals surface area contributed by atoms with Crippen LogP contribution in [0.25, 0.3) is 0 Å². The Balaban J connectivity index is 1.64. The fraction of sp³-hybridized carbons (Fsp3) is 0.520. The number of hydrazone groups is 1. The molecule has 12 heteroatoms. The quantitative estimate of drug-likeness (QED) is 0.130. The first-order valence-corrected chi connectivity index (χ1v) is 14.1. The largest absolute Gasteiger partial charge is 0.385 e. The number of carbonyl (C=O) groups is 2. The van der Waals surface area contributed by atoms with E-state index in [1.807, 2.05) is 6.07 Å². The fourth-order valence-electron chi connectivity index (χ4n) is 5.36. The summed E-state index contributed by atoms with van der Waals surface area (Å²) in [6.45, 7) is 1.22. The molecule has 0 bridgehead atoms. The van der Waals surface area contributed by atoms with Gasteiger partial charge in [-0.15, -0.1) is 22.7 Å². The minimum absolute atomic E-state index is 0.0534. The van der Waals surface area contributed by atoms with Crippen LogP contribution in [-0.4, -0.2) is 67.2 Å². The van der Waals surface area contributed by atoms with Crippen LogP contribution in [0.5, 0.6) is 0 Å². The van der Waals surface area contributed by atoms with Crippen molar-refractivity contribution < 1.29 is 9.59 Å². The zero-order valence-corrected chi connectivity index (χ0v) is 22.9. The Morgan fingerprint density at radius 1 is 1.30 bits per heavy atom. The average Bonchev–Trinajstić information content (AvgIpc) is 3.52. The van der Waals surface area contributed by atoms with Crippen molar-refractivity contribution >= 4 is 40.3 Å². The molecule has 1 fully saturated rings. The summed E-state index contributed by atoms with van der Waals surface area (Å²) in [5.74, 6) is 5.77. The van der Waals surface area contributed by atoms with Gasteiger partial charge in [0.25, 0.3) is 5.91 Å². The number of amidine groups is 1. The zero-order valence-electron chi connectivity index (χ0n) is 21.2. The number of rotatable bonds is 8. The van der Waals surface area contributed by atoms with Crippen molar-refractivity contribution in [3.8, 4) is 6.07 Å². The van der Waals surface area contributed by atoms with Gasteiger partial charge in [0.05, 0.1) is 22.9 Å². The van der Waals surface area contributed by atoms with E-state index >= 15 is 0 Å². The van der Waals surface area contributed by atoms with Gasteiger partial charge in [0.2, 0.25) is 5.91 Å². The van der Waals surface area contributed by atoms with E-state index in [9.17, 15) is 14.9 Å². The summed E-state index contributed by atoms with van der Waals surface area (Å²) in [4.78, 5) is 32.0. The van der Waals surface area contributed by atoms with Crippen molar-refractivity contribution in [1.29, 1.82) is 5.26 Å². The van der Waals surface area contributed by atoms with Crippen LogP contribution in [0, 0.1) is 11.3 Å². The molecule has 6 N–H and O–H groups in total. The number of piperidine rings is 1. The smallest absolute Gasteiger partial charge is 0.263 e. The first-order valence-electron chi connectivity index (χ1n) is 12.4. The third kappa shape index (κ3) is 5.22. The predicted octanol–water partition coefficient (Wildman–Crippen LogP) is 1.52. The van der Waals surface area contributed by atoms with Crippen LogP contribution in [0.4, 0.5) is 0 Å². The van der Waals surface area contributed by atoms with Gasteiger partial charge in [0, 0.05) is 30.4 Å². The Kier molecular flexibility index (Phi) is 8.49. The van der Waals surface area contributed by atoms with Crippen LogP contribution in [0.1, 0.15) is 56.2 Å². The third-order valence-corrected chi connectivity index (χ3v) is 9.38. The Morgan fingerprint density at radius 3 is 2.81 bits per heavy atom. The molecule has 0 radical (unpaired) electrons. The number of aryl methyl sites for hydroxylation is 2. The Bertz CT molecular complexity index is 1210. The predicted molar refractivity (Wildman–Crippen MR) is 146 cm³/mol.